The first-order chi connectivity index (χ1) is 15.6. The zero-order chi connectivity index (χ0) is 32.2. The number of carboxylic acid groups (broad SMARTS) is 8. The van der Waals surface area contributed by atoms with Gasteiger partial charge in [-0.25, -0.2) is 0 Å². The van der Waals surface area contributed by atoms with E-state index in [1.54, 1.807) is 0 Å². The van der Waals surface area contributed by atoms with E-state index >= 15 is 0 Å². The number of nitrogens with two attached hydrogens (primary N) is 15. The van der Waals surface area contributed by atoms with Crippen molar-refractivity contribution in [3.8, 4) is 0 Å². The molecule has 36 N–H and O–H groups in total. The van der Waals surface area contributed by atoms with E-state index in [2.05, 4.69) is 84.4 Å². The molecule has 40 heavy (non-hydrogen) atoms. The molecule has 0 saturated carbocycles. The monoisotopic (exact) mass is 752 g/mol. The van der Waals surface area contributed by atoms with Crippen molar-refractivity contribution < 1.29 is 143 Å². The summed E-state index contributed by atoms with van der Waals surface area (Å²) in [6, 6.07) is 0. The fourth-order valence-electron chi connectivity index (χ4n) is 0. The standard InChI is InChI=1S/5CH5N3.4CH2O3.Gd.3H2O/c9*2-1(3)4;;;;/h5*(H5,2,3,4);4*(H2,2,3,4);;3*1H2/q;;;;;;;;;+3;;;/p-3. The molecule has 0 unspecified atom stereocenters. The van der Waals surface area contributed by atoms with Gasteiger partial charge in [0.15, 0.2) is 0 Å². The SMILES string of the molecule is NC(N)=[NH2+].NC(N)=[NH2+].NC(N)=[NH2+].NC(N)=[NH2+].NC(N)=[NH2+].O.O.O.O=C([O-])[O-].O=C([O-])[O-].O=C([O-])[O-].O=C([O-])[O-].[Gd+3]. The van der Waals surface area contributed by atoms with Gasteiger partial charge in [0.1, 0.15) is 0 Å². The van der Waals surface area contributed by atoms with Gasteiger partial charge in [-0.15, -0.1) is 0 Å². The average Bonchev–Trinajstić information content (AvgIpc) is 2.39. The Hall–Kier alpha value is -5.37. The van der Waals surface area contributed by atoms with Gasteiger partial charge >= 0.3 is 69.7 Å². The molecule has 0 aromatic rings. The molecule has 0 atom stereocenters. The minimum absolute atomic E-state index is 0. The predicted octanol–water partition coefficient (Wildman–Crippen LogP) is -27.2. The molecule has 0 rings (SSSR count). The van der Waals surface area contributed by atoms with Crippen LogP contribution in [0.25, 0.3) is 0 Å². The summed E-state index contributed by atoms with van der Waals surface area (Å²) in [5.74, 6) is -0.417. The molecule has 0 heterocycles. The molecule has 0 aliphatic carbocycles. The van der Waals surface area contributed by atoms with Gasteiger partial charge in [0.2, 0.25) is 0 Å². The van der Waals surface area contributed by atoms with E-state index in [0.717, 1.165) is 0 Å². The Kier molecular flexibility index (Phi) is 160. The molecule has 30 nitrogen and oxygen atoms in total. The van der Waals surface area contributed by atoms with E-state index in [-0.39, 0.29) is 86.2 Å². The minimum Gasteiger partial charge on any atom is -0.652 e. The molecule has 0 aliphatic heterocycles. The Morgan fingerprint density at radius 3 is 0.325 bits per heavy atom. The van der Waals surface area contributed by atoms with E-state index in [4.69, 9.17) is 60.0 Å². The van der Waals surface area contributed by atoms with Gasteiger partial charge in [0, 0.05) is 0 Å². The Balaban J connectivity index is -0.0000000184. The van der Waals surface area contributed by atoms with Crippen molar-refractivity contribution in [2.24, 2.45) is 57.3 Å². The molecule has 0 saturated heterocycles. The van der Waals surface area contributed by atoms with Gasteiger partial charge in [-0.05, 0) is 24.6 Å². The smallest absolute Gasteiger partial charge is 0.652 e. The molecule has 0 aliphatic rings. The predicted molar refractivity (Wildman–Crippen MR) is 109 cm³/mol. The normalized spacial score (nSPS) is 5.40. The summed E-state index contributed by atoms with van der Waals surface area (Å²) in [6.45, 7) is 0. The van der Waals surface area contributed by atoms with Crippen molar-refractivity contribution in [3.63, 3.8) is 0 Å². The van der Waals surface area contributed by atoms with Crippen molar-refractivity contribution >= 4 is 54.4 Å². The number of carbonyl (C=O) groups excluding carboxylic acids is 4. The van der Waals surface area contributed by atoms with Crippen molar-refractivity contribution in [2.75, 3.05) is 0 Å². The quantitative estimate of drug-likeness (QED) is 0.0807. The molecule has 1 radical (unpaired) electrons. The molecule has 0 aromatic heterocycles. The zero-order valence-corrected chi connectivity index (χ0v) is 22.2. The van der Waals surface area contributed by atoms with Gasteiger partial charge in [-0.1, -0.05) is 0 Å². The topological polar surface area (TPSA) is 735 Å². The second kappa shape index (κ2) is 76.5. The van der Waals surface area contributed by atoms with Gasteiger partial charge in [0.05, 0.1) is 0 Å². The Morgan fingerprint density at radius 1 is 0.325 bits per heavy atom. The third-order valence-corrected chi connectivity index (χ3v) is 0. The Bertz CT molecular complexity index is 445. The fourth-order valence-corrected chi connectivity index (χ4v) is 0. The molecule has 0 fully saturated rings. The van der Waals surface area contributed by atoms with Crippen LogP contribution in [-0.4, -0.2) is 70.8 Å². The van der Waals surface area contributed by atoms with Crippen LogP contribution in [0.5, 0.6) is 0 Å². The third-order valence-electron chi connectivity index (χ3n) is 0. The largest absolute Gasteiger partial charge is 3.00 e. The van der Waals surface area contributed by atoms with Crippen LogP contribution in [-0.2, 0) is 0 Å². The van der Waals surface area contributed by atoms with Crippen molar-refractivity contribution in [3.05, 3.63) is 0 Å². The van der Waals surface area contributed by atoms with Crippen LogP contribution in [0.3, 0.4) is 0 Å². The fraction of sp³-hybridized carbons (Fsp3) is 0. The number of guanidine groups is 5. The van der Waals surface area contributed by atoms with Gasteiger partial charge in [0.25, 0.3) is 0 Å². The number of hydrogen-bond donors (Lipinski definition) is 15. The van der Waals surface area contributed by atoms with Crippen molar-refractivity contribution in [2.45, 2.75) is 0 Å². The minimum atomic E-state index is -2.33. The molecule has 0 bridgehead atoms. The van der Waals surface area contributed by atoms with Crippen LogP contribution in [0, 0.1) is 39.9 Å². The molecule has 0 amide bonds. The van der Waals surface area contributed by atoms with Gasteiger partial charge in [-0.3, -0.25) is 84.4 Å². The number of carbonyl (C=O) groups is 4. The van der Waals surface area contributed by atoms with E-state index < -0.39 is 24.6 Å². The maximum absolute atomic E-state index is 8.33. The Labute approximate surface area is 254 Å². The molecule has 245 valence electrons. The van der Waals surface area contributed by atoms with Crippen molar-refractivity contribution in [1.29, 1.82) is 0 Å². The molecule has 0 aromatic carbocycles. The molecule has 0 spiro atoms. The molecule has 31 heteroatoms. The maximum Gasteiger partial charge on any atom is 3.00 e. The van der Waals surface area contributed by atoms with Crippen molar-refractivity contribution in [1.82, 2.24) is 0 Å². The van der Waals surface area contributed by atoms with Crippen LogP contribution < -0.4 is 125 Å². The summed E-state index contributed by atoms with van der Waals surface area (Å²) in [5, 5.41) is 89.6. The summed E-state index contributed by atoms with van der Waals surface area (Å²) < 4.78 is 0. The number of rotatable bonds is 0. The summed E-state index contributed by atoms with van der Waals surface area (Å²) in [6.07, 6.45) is -9.33. The molecular weight excluding hydrogens is 715 g/mol. The van der Waals surface area contributed by atoms with Crippen LogP contribution in [0.4, 0.5) is 19.2 Å². The first-order valence-corrected chi connectivity index (χ1v) is 6.78. The number of hydrogen-bond acceptors (Lipinski definition) is 12. The maximum atomic E-state index is 8.33. The van der Waals surface area contributed by atoms with E-state index in [1.807, 2.05) is 0 Å². The Morgan fingerprint density at radius 2 is 0.325 bits per heavy atom. The van der Waals surface area contributed by atoms with Gasteiger partial charge < -0.3 is 76.5 Å². The first-order valence-electron chi connectivity index (χ1n) is 6.78. The van der Waals surface area contributed by atoms with E-state index in [9.17, 15) is 0 Å². The van der Waals surface area contributed by atoms with Crippen LogP contribution >= 0.6 is 0 Å². The van der Waals surface area contributed by atoms with Crippen LogP contribution in [0.1, 0.15) is 0 Å². The third kappa shape index (κ3) is 1130. The summed E-state index contributed by atoms with van der Waals surface area (Å²) in [4.78, 5) is 33.3. The van der Waals surface area contributed by atoms with E-state index in [0.29, 0.717) is 0 Å². The summed E-state index contributed by atoms with van der Waals surface area (Å²) in [7, 11) is 0. The van der Waals surface area contributed by atoms with Gasteiger partial charge in [-0.2, -0.15) is 0 Å². The second-order valence-electron chi connectivity index (χ2n) is 3.50. The van der Waals surface area contributed by atoms with Crippen LogP contribution in [0.2, 0.25) is 0 Å². The summed E-state index contributed by atoms with van der Waals surface area (Å²) in [5.41, 5.74) is 45.8. The second-order valence-corrected chi connectivity index (χ2v) is 3.50. The zero-order valence-electron chi connectivity index (χ0n) is 19.9. The average molecular weight is 752 g/mol. The molecular formula is C9H36GdN15O15. The van der Waals surface area contributed by atoms with E-state index in [1.165, 1.54) is 0 Å². The summed E-state index contributed by atoms with van der Waals surface area (Å²) >= 11 is 0. The first kappa shape index (κ1) is 83.7. The van der Waals surface area contributed by atoms with Crippen LogP contribution in [0.15, 0.2) is 0 Å².